The molecule has 5 rings (SSSR count). The molecule has 2 atom stereocenters. The van der Waals surface area contributed by atoms with Crippen LogP contribution < -0.4 is 14.8 Å². The quantitative estimate of drug-likeness (QED) is 0.253. The lowest BCUT2D eigenvalue weighted by atomic mass is 9.73. The Balaban J connectivity index is 1.47. The zero-order valence-corrected chi connectivity index (χ0v) is 23.4. The Bertz CT molecular complexity index is 1310. The van der Waals surface area contributed by atoms with Crippen LogP contribution in [0.25, 0.3) is 0 Å². The smallest absolute Gasteiger partial charge is 0.256 e. The molecule has 7 heteroatoms. The van der Waals surface area contributed by atoms with E-state index in [1.165, 1.54) is 22.9 Å². The standard InChI is InChI=1S/C33H36N4O3/c1-4-5-6-13-22-40-28-20-18-25(19-21-28)31(29-23(2)34-36(32(29)38)26-14-9-7-10-15-26)30-24(3)35-37(33(30)39)27-16-11-8-12-17-27/h7-12,14-21,29-31H,4-6,13,22H2,1-3H3. The zero-order chi connectivity index (χ0) is 28.1. The minimum absolute atomic E-state index is 0.149. The number of nitrogens with zero attached hydrogens (tertiary/aromatic N) is 4. The van der Waals surface area contributed by atoms with Gasteiger partial charge in [-0.15, -0.1) is 0 Å². The lowest BCUT2D eigenvalue weighted by molar-refractivity contribution is -0.122. The molecular formula is C33H36N4O3. The molecule has 206 valence electrons. The van der Waals surface area contributed by atoms with Crippen LogP contribution in [0.3, 0.4) is 0 Å². The maximum Gasteiger partial charge on any atom is 0.256 e. The highest BCUT2D eigenvalue weighted by molar-refractivity contribution is 6.19. The third-order valence-electron chi connectivity index (χ3n) is 7.62. The number of hydrazone groups is 2. The van der Waals surface area contributed by atoms with Gasteiger partial charge in [-0.05, 0) is 62.2 Å². The molecule has 0 saturated carbocycles. The number of carbonyl (C=O) groups excluding carboxylic acids is 2. The van der Waals surface area contributed by atoms with E-state index in [2.05, 4.69) is 17.1 Å². The van der Waals surface area contributed by atoms with E-state index in [1.807, 2.05) is 98.8 Å². The lowest BCUT2D eigenvalue weighted by Gasteiger charge is -2.28. The molecule has 0 aromatic heterocycles. The second kappa shape index (κ2) is 12.3. The van der Waals surface area contributed by atoms with E-state index in [4.69, 9.17) is 4.74 Å². The number of hydrogen-bond donors (Lipinski definition) is 0. The van der Waals surface area contributed by atoms with Crippen LogP contribution in [-0.4, -0.2) is 29.8 Å². The molecule has 2 aliphatic rings. The monoisotopic (exact) mass is 536 g/mol. The fourth-order valence-corrected chi connectivity index (χ4v) is 5.58. The Morgan fingerprint density at radius 3 is 1.68 bits per heavy atom. The van der Waals surface area contributed by atoms with Crippen LogP contribution in [-0.2, 0) is 9.59 Å². The van der Waals surface area contributed by atoms with Gasteiger partial charge < -0.3 is 4.74 Å². The average Bonchev–Trinajstić information content (AvgIpc) is 3.45. The number of benzene rings is 3. The van der Waals surface area contributed by atoms with Crippen LogP contribution in [0.2, 0.25) is 0 Å². The molecule has 7 nitrogen and oxygen atoms in total. The first-order chi connectivity index (χ1) is 19.5. The molecule has 0 spiro atoms. The molecule has 0 radical (unpaired) electrons. The van der Waals surface area contributed by atoms with Crippen molar-refractivity contribution in [1.82, 2.24) is 0 Å². The minimum atomic E-state index is -0.615. The number of hydrogen-bond acceptors (Lipinski definition) is 5. The fraction of sp³-hybridized carbons (Fsp3) is 0.333. The van der Waals surface area contributed by atoms with Crippen molar-refractivity contribution in [3.63, 3.8) is 0 Å². The second-order valence-electron chi connectivity index (χ2n) is 10.4. The molecule has 0 saturated heterocycles. The molecule has 2 unspecified atom stereocenters. The highest BCUT2D eigenvalue weighted by atomic mass is 16.5. The normalized spacial score (nSPS) is 19.6. The van der Waals surface area contributed by atoms with Crippen LogP contribution in [0.4, 0.5) is 11.4 Å². The molecule has 0 fully saturated rings. The summed E-state index contributed by atoms with van der Waals surface area (Å²) in [7, 11) is 0. The summed E-state index contributed by atoms with van der Waals surface area (Å²) in [5.74, 6) is -1.23. The number of anilines is 2. The Morgan fingerprint density at radius 1 is 0.700 bits per heavy atom. The van der Waals surface area contributed by atoms with E-state index in [9.17, 15) is 9.59 Å². The van der Waals surface area contributed by atoms with E-state index >= 15 is 0 Å². The van der Waals surface area contributed by atoms with Gasteiger partial charge in [0.2, 0.25) is 0 Å². The Labute approximate surface area is 236 Å². The summed E-state index contributed by atoms with van der Waals surface area (Å²) in [6.45, 7) is 6.60. The van der Waals surface area contributed by atoms with Gasteiger partial charge in [-0.3, -0.25) is 9.59 Å². The van der Waals surface area contributed by atoms with Crippen molar-refractivity contribution in [2.75, 3.05) is 16.6 Å². The minimum Gasteiger partial charge on any atom is -0.494 e. The third-order valence-corrected chi connectivity index (χ3v) is 7.62. The largest absolute Gasteiger partial charge is 0.494 e. The molecular weight excluding hydrogens is 500 g/mol. The fourth-order valence-electron chi connectivity index (χ4n) is 5.58. The molecule has 3 aromatic rings. The van der Waals surface area contributed by atoms with Crippen molar-refractivity contribution >= 4 is 34.6 Å². The predicted octanol–water partition coefficient (Wildman–Crippen LogP) is 6.81. The van der Waals surface area contributed by atoms with E-state index in [1.54, 1.807) is 0 Å². The Kier molecular flexibility index (Phi) is 8.39. The summed E-state index contributed by atoms with van der Waals surface area (Å²) >= 11 is 0. The van der Waals surface area contributed by atoms with Crippen LogP contribution in [0.1, 0.15) is 57.9 Å². The van der Waals surface area contributed by atoms with E-state index < -0.39 is 17.8 Å². The molecule has 0 aliphatic carbocycles. The van der Waals surface area contributed by atoms with Gasteiger partial charge in [0.25, 0.3) is 11.8 Å². The molecule has 40 heavy (non-hydrogen) atoms. The zero-order valence-electron chi connectivity index (χ0n) is 23.4. The molecule has 2 amide bonds. The Morgan fingerprint density at radius 2 is 1.20 bits per heavy atom. The molecule has 2 aliphatic heterocycles. The number of para-hydroxylation sites is 2. The molecule has 0 bridgehead atoms. The van der Waals surface area contributed by atoms with Crippen molar-refractivity contribution in [3.8, 4) is 5.75 Å². The van der Waals surface area contributed by atoms with E-state index in [0.29, 0.717) is 29.4 Å². The van der Waals surface area contributed by atoms with E-state index in [0.717, 1.165) is 24.2 Å². The summed E-state index contributed by atoms with van der Waals surface area (Å²) in [4.78, 5) is 27.9. The maximum absolute atomic E-state index is 14.0. The third kappa shape index (κ3) is 5.55. The summed E-state index contributed by atoms with van der Waals surface area (Å²) in [5.41, 5.74) is 3.63. The average molecular weight is 537 g/mol. The predicted molar refractivity (Wildman–Crippen MR) is 160 cm³/mol. The molecule has 2 heterocycles. The van der Waals surface area contributed by atoms with Crippen LogP contribution in [0.5, 0.6) is 5.75 Å². The first-order valence-electron chi connectivity index (χ1n) is 14.1. The van der Waals surface area contributed by atoms with Crippen molar-refractivity contribution in [2.45, 2.75) is 52.4 Å². The molecule has 3 aromatic carbocycles. The van der Waals surface area contributed by atoms with Gasteiger partial charge in [0, 0.05) is 17.3 Å². The topological polar surface area (TPSA) is 74.6 Å². The number of unbranched alkanes of at least 4 members (excludes halogenated alkanes) is 3. The summed E-state index contributed by atoms with van der Waals surface area (Å²) < 4.78 is 5.97. The van der Waals surface area contributed by atoms with Crippen molar-refractivity contribution in [2.24, 2.45) is 22.0 Å². The van der Waals surface area contributed by atoms with Gasteiger partial charge in [0.1, 0.15) is 5.75 Å². The van der Waals surface area contributed by atoms with Crippen molar-refractivity contribution in [1.29, 1.82) is 0 Å². The lowest BCUT2D eigenvalue weighted by Crippen LogP contribution is -2.40. The SMILES string of the molecule is CCCCCCOc1ccc(C(C2C(=O)N(c3ccccc3)N=C2C)C2C(=O)N(c3ccccc3)N=C2C)cc1. The number of amides is 2. The van der Waals surface area contributed by atoms with Gasteiger partial charge in [-0.25, -0.2) is 10.0 Å². The molecule has 0 N–H and O–H groups in total. The first-order valence-corrected chi connectivity index (χ1v) is 14.1. The summed E-state index contributed by atoms with van der Waals surface area (Å²) in [5, 5.41) is 12.2. The number of ether oxygens (including phenoxy) is 1. The maximum atomic E-state index is 14.0. The van der Waals surface area contributed by atoms with Gasteiger partial charge in [0.15, 0.2) is 0 Å². The van der Waals surface area contributed by atoms with Crippen LogP contribution >= 0.6 is 0 Å². The van der Waals surface area contributed by atoms with Gasteiger partial charge in [-0.1, -0.05) is 74.7 Å². The van der Waals surface area contributed by atoms with Crippen LogP contribution in [0, 0.1) is 11.8 Å². The van der Waals surface area contributed by atoms with Crippen molar-refractivity contribution in [3.05, 3.63) is 90.5 Å². The highest BCUT2D eigenvalue weighted by Gasteiger charge is 2.50. The van der Waals surface area contributed by atoms with Gasteiger partial charge in [-0.2, -0.15) is 10.2 Å². The number of carbonyl (C=O) groups is 2. The van der Waals surface area contributed by atoms with Crippen LogP contribution in [0.15, 0.2) is 95.1 Å². The van der Waals surface area contributed by atoms with Gasteiger partial charge >= 0.3 is 0 Å². The Hall–Kier alpha value is -4.26. The number of rotatable bonds is 11. The summed E-state index contributed by atoms with van der Waals surface area (Å²) in [6, 6.07) is 26.6. The summed E-state index contributed by atoms with van der Waals surface area (Å²) in [6.07, 6.45) is 4.56. The first kappa shape index (κ1) is 27.3. The van der Waals surface area contributed by atoms with Crippen molar-refractivity contribution < 1.29 is 14.3 Å². The van der Waals surface area contributed by atoms with E-state index in [-0.39, 0.29) is 11.8 Å². The van der Waals surface area contributed by atoms with Gasteiger partial charge in [0.05, 0.1) is 29.8 Å². The highest BCUT2D eigenvalue weighted by Crippen LogP contribution is 2.43. The second-order valence-corrected chi connectivity index (χ2v) is 10.4.